The average Bonchev–Trinajstić information content (AvgIpc) is 3.20. The molecule has 1 heterocycles. The minimum absolute atomic E-state index is 0.165. The summed E-state index contributed by atoms with van der Waals surface area (Å²) in [7, 11) is 3.06. The fourth-order valence-electron chi connectivity index (χ4n) is 3.50. The van der Waals surface area contributed by atoms with Gasteiger partial charge in [0.1, 0.15) is 11.4 Å². The summed E-state index contributed by atoms with van der Waals surface area (Å²) in [6.45, 7) is 0.446. The maximum atomic E-state index is 13.2. The summed E-state index contributed by atoms with van der Waals surface area (Å²) >= 11 is 0. The Hall–Kier alpha value is -2.76. The minimum atomic E-state index is -0.307. The maximum absolute atomic E-state index is 13.2. The summed E-state index contributed by atoms with van der Waals surface area (Å²) in [4.78, 5) is 30.0. The van der Waals surface area contributed by atoms with E-state index in [1.807, 2.05) is 29.2 Å². The first kappa shape index (κ1) is 18.0. The van der Waals surface area contributed by atoms with Crippen LogP contribution in [0.1, 0.15) is 41.7 Å². The second-order valence-electron chi connectivity index (χ2n) is 6.46. The number of hydrogen-bond acceptors (Lipinski definition) is 4. The smallest absolute Gasteiger partial charge is 0.270 e. The van der Waals surface area contributed by atoms with Crippen molar-refractivity contribution in [1.82, 2.24) is 9.88 Å². The van der Waals surface area contributed by atoms with Crippen LogP contribution < -0.4 is 14.9 Å². The van der Waals surface area contributed by atoms with Gasteiger partial charge in [0, 0.05) is 30.4 Å². The van der Waals surface area contributed by atoms with Crippen molar-refractivity contribution in [3.8, 4) is 11.5 Å². The molecule has 26 heavy (non-hydrogen) atoms. The summed E-state index contributed by atoms with van der Waals surface area (Å²) in [5.74, 6) is 0.771. The number of nitrogens with one attached hydrogen (secondary N) is 1. The normalized spacial score (nSPS) is 14.2. The fraction of sp³-hybridized carbons (Fsp3) is 0.400. The number of carbonyl (C=O) groups excluding carboxylic acids is 1. The van der Waals surface area contributed by atoms with Gasteiger partial charge < -0.3 is 19.4 Å². The molecule has 2 aromatic rings. The van der Waals surface area contributed by atoms with Gasteiger partial charge in [0.2, 0.25) is 5.43 Å². The highest BCUT2D eigenvalue weighted by atomic mass is 16.5. The first-order valence-electron chi connectivity index (χ1n) is 8.83. The standard InChI is InChI=1S/C20H24N2O4/c1-25-18-10-6-3-7-14(18)13-22(15-8-4-5-9-15)20(24)16-11-17(23)19(26-2)12-21-16/h3,6-7,10-12,15H,4-5,8-9,13H2,1-2H3,(H,21,23). The van der Waals surface area contributed by atoms with Crippen LogP contribution in [0.15, 0.2) is 41.3 Å². The fourth-order valence-corrected chi connectivity index (χ4v) is 3.50. The van der Waals surface area contributed by atoms with Crippen molar-refractivity contribution < 1.29 is 14.3 Å². The molecule has 0 atom stereocenters. The molecule has 1 aromatic carbocycles. The Balaban J connectivity index is 1.92. The molecule has 0 unspecified atom stereocenters. The molecule has 1 amide bonds. The van der Waals surface area contributed by atoms with Crippen molar-refractivity contribution in [3.63, 3.8) is 0 Å². The molecule has 1 fully saturated rings. The van der Waals surface area contributed by atoms with Crippen molar-refractivity contribution in [2.24, 2.45) is 0 Å². The molecule has 0 bridgehead atoms. The number of hydrogen-bond donors (Lipinski definition) is 1. The van der Waals surface area contributed by atoms with E-state index in [1.165, 1.54) is 19.4 Å². The van der Waals surface area contributed by atoms with Crippen LogP contribution in [0.5, 0.6) is 11.5 Å². The van der Waals surface area contributed by atoms with Crippen molar-refractivity contribution >= 4 is 5.91 Å². The van der Waals surface area contributed by atoms with Crippen molar-refractivity contribution in [3.05, 3.63) is 58.0 Å². The third kappa shape index (κ3) is 3.74. The molecule has 0 spiro atoms. The van der Waals surface area contributed by atoms with E-state index in [-0.39, 0.29) is 28.8 Å². The van der Waals surface area contributed by atoms with E-state index in [0.29, 0.717) is 6.54 Å². The Bertz CT molecular complexity index is 825. The van der Waals surface area contributed by atoms with Gasteiger partial charge in [-0.1, -0.05) is 31.0 Å². The van der Waals surface area contributed by atoms with Gasteiger partial charge >= 0.3 is 0 Å². The molecule has 138 valence electrons. The number of H-pyrrole nitrogens is 1. The Morgan fingerprint density at radius 1 is 1.15 bits per heavy atom. The zero-order valence-corrected chi connectivity index (χ0v) is 15.2. The molecule has 1 aliphatic rings. The van der Waals surface area contributed by atoms with Gasteiger partial charge in [0.25, 0.3) is 5.91 Å². The molecule has 1 aromatic heterocycles. The summed E-state index contributed by atoms with van der Waals surface area (Å²) in [5, 5.41) is 0. The number of benzene rings is 1. The number of pyridine rings is 1. The van der Waals surface area contributed by atoms with Gasteiger partial charge in [-0.3, -0.25) is 9.59 Å². The number of amides is 1. The van der Waals surface area contributed by atoms with E-state index in [0.717, 1.165) is 37.0 Å². The summed E-state index contributed by atoms with van der Waals surface area (Å²) in [6.07, 6.45) is 5.60. The lowest BCUT2D eigenvalue weighted by Crippen LogP contribution is -2.39. The summed E-state index contributed by atoms with van der Waals surface area (Å²) in [5.41, 5.74) is 0.918. The highest BCUT2D eigenvalue weighted by Crippen LogP contribution is 2.28. The molecule has 1 saturated carbocycles. The Labute approximate surface area is 152 Å². The molecule has 1 N–H and O–H groups in total. The topological polar surface area (TPSA) is 71.6 Å². The third-order valence-electron chi connectivity index (χ3n) is 4.89. The summed E-state index contributed by atoms with van der Waals surface area (Å²) < 4.78 is 10.4. The van der Waals surface area contributed by atoms with E-state index in [4.69, 9.17) is 9.47 Å². The van der Waals surface area contributed by atoms with Gasteiger partial charge in [-0.2, -0.15) is 0 Å². The third-order valence-corrected chi connectivity index (χ3v) is 4.89. The van der Waals surface area contributed by atoms with E-state index in [9.17, 15) is 9.59 Å². The number of aromatic nitrogens is 1. The molecule has 6 nitrogen and oxygen atoms in total. The lowest BCUT2D eigenvalue weighted by Gasteiger charge is -2.29. The summed E-state index contributed by atoms with van der Waals surface area (Å²) in [6, 6.07) is 9.17. The number of nitrogens with zero attached hydrogens (tertiary/aromatic N) is 1. The van der Waals surface area contributed by atoms with Gasteiger partial charge in [0.05, 0.1) is 14.2 Å². The van der Waals surface area contributed by atoms with E-state index in [1.54, 1.807) is 7.11 Å². The number of ether oxygens (including phenoxy) is 2. The van der Waals surface area contributed by atoms with E-state index in [2.05, 4.69) is 4.98 Å². The number of methoxy groups -OCH3 is 2. The van der Waals surface area contributed by atoms with Crippen LogP contribution >= 0.6 is 0 Å². The van der Waals surface area contributed by atoms with Crippen LogP contribution in [0, 0.1) is 0 Å². The molecule has 0 aliphatic heterocycles. The lowest BCUT2D eigenvalue weighted by molar-refractivity contribution is 0.0656. The minimum Gasteiger partial charge on any atom is -0.496 e. The Morgan fingerprint density at radius 2 is 1.85 bits per heavy atom. The molecule has 3 rings (SSSR count). The van der Waals surface area contributed by atoms with Gasteiger partial charge in [-0.15, -0.1) is 0 Å². The highest BCUT2D eigenvalue weighted by Gasteiger charge is 2.29. The largest absolute Gasteiger partial charge is 0.496 e. The van der Waals surface area contributed by atoms with Gasteiger partial charge in [-0.05, 0) is 18.9 Å². The van der Waals surface area contributed by atoms with Gasteiger partial charge in [0.15, 0.2) is 5.75 Å². The van der Waals surface area contributed by atoms with Crippen LogP contribution in [0.4, 0.5) is 0 Å². The molecular weight excluding hydrogens is 332 g/mol. The average molecular weight is 356 g/mol. The predicted molar refractivity (Wildman–Crippen MR) is 98.7 cm³/mol. The van der Waals surface area contributed by atoms with Crippen molar-refractivity contribution in [2.75, 3.05) is 14.2 Å². The Morgan fingerprint density at radius 3 is 2.50 bits per heavy atom. The van der Waals surface area contributed by atoms with Crippen LogP contribution in [-0.4, -0.2) is 36.1 Å². The number of para-hydroxylation sites is 1. The zero-order valence-electron chi connectivity index (χ0n) is 15.2. The van der Waals surface area contributed by atoms with Crippen LogP contribution in [-0.2, 0) is 6.54 Å². The SMILES string of the molecule is COc1ccccc1CN(C(=O)c1cc(=O)c(OC)c[nH]1)C1CCCC1. The predicted octanol–water partition coefficient (Wildman–Crippen LogP) is 2.98. The quantitative estimate of drug-likeness (QED) is 0.864. The highest BCUT2D eigenvalue weighted by molar-refractivity contribution is 5.92. The first-order chi connectivity index (χ1) is 12.6. The number of carbonyl (C=O) groups is 1. The van der Waals surface area contributed by atoms with Crippen LogP contribution in [0.25, 0.3) is 0 Å². The second kappa shape index (κ2) is 8.08. The second-order valence-corrected chi connectivity index (χ2v) is 6.46. The molecule has 1 aliphatic carbocycles. The first-order valence-corrected chi connectivity index (χ1v) is 8.83. The molecule has 6 heteroatoms. The Kier molecular flexibility index (Phi) is 5.61. The van der Waals surface area contributed by atoms with Gasteiger partial charge in [-0.25, -0.2) is 0 Å². The van der Waals surface area contributed by atoms with Crippen LogP contribution in [0.2, 0.25) is 0 Å². The number of aromatic amines is 1. The van der Waals surface area contributed by atoms with E-state index >= 15 is 0 Å². The lowest BCUT2D eigenvalue weighted by atomic mass is 10.1. The zero-order chi connectivity index (χ0) is 18.5. The van der Waals surface area contributed by atoms with Crippen LogP contribution in [0.3, 0.4) is 0 Å². The van der Waals surface area contributed by atoms with Crippen molar-refractivity contribution in [1.29, 1.82) is 0 Å². The monoisotopic (exact) mass is 356 g/mol. The van der Waals surface area contributed by atoms with Crippen molar-refractivity contribution in [2.45, 2.75) is 38.3 Å². The maximum Gasteiger partial charge on any atom is 0.270 e. The molecule has 0 radical (unpaired) electrons. The molecule has 0 saturated heterocycles. The number of rotatable bonds is 6. The van der Waals surface area contributed by atoms with E-state index < -0.39 is 0 Å². The molecular formula is C20H24N2O4.